The van der Waals surface area contributed by atoms with Gasteiger partial charge in [-0.3, -0.25) is 9.59 Å². The number of aryl methyl sites for hydroxylation is 1. The lowest BCUT2D eigenvalue weighted by Gasteiger charge is -2.18. The number of nitrogens with zero attached hydrogens (tertiary/aromatic N) is 2. The molecular formula is C16H19N3O5. The number of hydrogen-bond acceptors (Lipinski definition) is 6. The zero-order valence-electron chi connectivity index (χ0n) is 13.6. The predicted octanol–water partition coefficient (Wildman–Crippen LogP) is 1.80. The zero-order chi connectivity index (χ0) is 17.7. The predicted molar refractivity (Wildman–Crippen MR) is 83.5 cm³/mol. The molecular weight excluding hydrogens is 314 g/mol. The Bertz CT molecular complexity index is 728. The largest absolute Gasteiger partial charge is 0.485 e. The summed E-state index contributed by atoms with van der Waals surface area (Å²) in [6, 6.07) is 6.16. The monoisotopic (exact) mass is 333 g/mol. The van der Waals surface area contributed by atoms with Crippen LogP contribution in [0.4, 0.5) is 0 Å². The lowest BCUT2D eigenvalue weighted by atomic mass is 10.0. The molecule has 0 saturated carbocycles. The SMILES string of the molecule is Cc1nc(COc2ccccc2C(=O)NC(C)C(C)C(=O)O)no1. The van der Waals surface area contributed by atoms with Gasteiger partial charge < -0.3 is 19.7 Å². The van der Waals surface area contributed by atoms with E-state index in [0.29, 0.717) is 23.0 Å². The third-order valence-electron chi connectivity index (χ3n) is 3.56. The van der Waals surface area contributed by atoms with E-state index in [0.717, 1.165) is 0 Å². The van der Waals surface area contributed by atoms with Gasteiger partial charge in [0, 0.05) is 13.0 Å². The van der Waals surface area contributed by atoms with Crippen molar-refractivity contribution in [3.05, 3.63) is 41.5 Å². The number of aromatic nitrogens is 2. The van der Waals surface area contributed by atoms with E-state index >= 15 is 0 Å². The first kappa shape index (κ1) is 17.5. The number of amides is 1. The molecule has 0 aliphatic rings. The highest BCUT2D eigenvalue weighted by Crippen LogP contribution is 2.19. The Balaban J connectivity index is 2.07. The second-order valence-corrected chi connectivity index (χ2v) is 5.40. The summed E-state index contributed by atoms with van der Waals surface area (Å²) in [6.45, 7) is 4.90. The van der Waals surface area contributed by atoms with Gasteiger partial charge >= 0.3 is 5.97 Å². The van der Waals surface area contributed by atoms with Gasteiger partial charge in [0.2, 0.25) is 11.7 Å². The first-order valence-corrected chi connectivity index (χ1v) is 7.43. The normalized spacial score (nSPS) is 13.1. The number of nitrogens with one attached hydrogen (secondary N) is 1. The molecule has 1 heterocycles. The van der Waals surface area contributed by atoms with Crippen LogP contribution in [0.2, 0.25) is 0 Å². The molecule has 1 amide bonds. The van der Waals surface area contributed by atoms with E-state index in [1.54, 1.807) is 38.1 Å². The Morgan fingerprint density at radius 1 is 1.33 bits per heavy atom. The number of rotatable bonds is 7. The summed E-state index contributed by atoms with van der Waals surface area (Å²) in [5, 5.41) is 15.4. The molecule has 2 N–H and O–H groups in total. The standard InChI is InChI=1S/C16H19N3O5/c1-9(16(21)22)10(2)17-15(20)12-6-4-5-7-13(12)23-8-14-18-11(3)24-19-14/h4-7,9-10H,8H2,1-3H3,(H,17,20)(H,21,22). The first-order valence-electron chi connectivity index (χ1n) is 7.43. The molecule has 0 saturated heterocycles. The highest BCUT2D eigenvalue weighted by molar-refractivity contribution is 5.97. The Hall–Kier alpha value is -2.90. The molecule has 1 aromatic carbocycles. The van der Waals surface area contributed by atoms with E-state index in [1.807, 2.05) is 0 Å². The molecule has 0 bridgehead atoms. The Labute approximate surface area is 138 Å². The van der Waals surface area contributed by atoms with Gasteiger partial charge in [-0.1, -0.05) is 17.3 Å². The molecule has 0 aliphatic heterocycles. The summed E-state index contributed by atoms with van der Waals surface area (Å²) in [7, 11) is 0. The third-order valence-corrected chi connectivity index (χ3v) is 3.56. The van der Waals surface area contributed by atoms with E-state index in [1.165, 1.54) is 6.92 Å². The van der Waals surface area contributed by atoms with Crippen LogP contribution >= 0.6 is 0 Å². The maximum Gasteiger partial charge on any atom is 0.308 e. The second-order valence-electron chi connectivity index (χ2n) is 5.40. The summed E-state index contributed by atoms with van der Waals surface area (Å²) in [5.74, 6) is -0.932. The van der Waals surface area contributed by atoms with Gasteiger partial charge in [0.15, 0.2) is 6.61 Å². The highest BCUT2D eigenvalue weighted by atomic mass is 16.5. The number of benzene rings is 1. The first-order chi connectivity index (χ1) is 11.4. The Kier molecular flexibility index (Phi) is 5.51. The number of hydrogen-bond donors (Lipinski definition) is 2. The van der Waals surface area contributed by atoms with Gasteiger partial charge in [-0.15, -0.1) is 0 Å². The van der Waals surface area contributed by atoms with Crippen LogP contribution in [0.15, 0.2) is 28.8 Å². The number of carbonyl (C=O) groups is 2. The molecule has 2 atom stereocenters. The summed E-state index contributed by atoms with van der Waals surface area (Å²) in [4.78, 5) is 27.4. The van der Waals surface area contributed by atoms with Crippen LogP contribution in [0.1, 0.15) is 35.9 Å². The molecule has 8 heteroatoms. The van der Waals surface area contributed by atoms with Crippen LogP contribution in [-0.4, -0.2) is 33.2 Å². The van der Waals surface area contributed by atoms with Crippen molar-refractivity contribution in [2.45, 2.75) is 33.4 Å². The fraction of sp³-hybridized carbons (Fsp3) is 0.375. The number of para-hydroxylation sites is 1. The molecule has 0 radical (unpaired) electrons. The molecule has 0 fully saturated rings. The summed E-state index contributed by atoms with van der Waals surface area (Å²) >= 11 is 0. The summed E-state index contributed by atoms with van der Waals surface area (Å²) in [6.07, 6.45) is 0. The molecule has 0 aliphatic carbocycles. The van der Waals surface area contributed by atoms with E-state index in [2.05, 4.69) is 15.5 Å². The van der Waals surface area contributed by atoms with Gasteiger partial charge in [0.25, 0.3) is 5.91 Å². The van der Waals surface area contributed by atoms with Crippen LogP contribution < -0.4 is 10.1 Å². The van der Waals surface area contributed by atoms with Crippen molar-refractivity contribution >= 4 is 11.9 Å². The zero-order valence-corrected chi connectivity index (χ0v) is 13.6. The molecule has 1 aromatic heterocycles. The minimum Gasteiger partial charge on any atom is -0.485 e. The van der Waals surface area contributed by atoms with Crippen molar-refractivity contribution in [2.24, 2.45) is 5.92 Å². The van der Waals surface area contributed by atoms with Gasteiger partial charge in [0.1, 0.15) is 5.75 Å². The smallest absolute Gasteiger partial charge is 0.308 e. The van der Waals surface area contributed by atoms with Crippen molar-refractivity contribution in [3.8, 4) is 5.75 Å². The fourth-order valence-corrected chi connectivity index (χ4v) is 1.95. The molecule has 8 nitrogen and oxygen atoms in total. The van der Waals surface area contributed by atoms with Gasteiger partial charge in [-0.25, -0.2) is 0 Å². The van der Waals surface area contributed by atoms with E-state index in [4.69, 9.17) is 14.4 Å². The summed E-state index contributed by atoms with van der Waals surface area (Å²) < 4.78 is 10.4. The number of carboxylic acids is 1. The van der Waals surface area contributed by atoms with Crippen LogP contribution in [0.5, 0.6) is 5.75 Å². The Morgan fingerprint density at radius 3 is 2.67 bits per heavy atom. The number of carbonyl (C=O) groups excluding carboxylic acids is 1. The van der Waals surface area contributed by atoms with Crippen LogP contribution in [-0.2, 0) is 11.4 Å². The van der Waals surface area contributed by atoms with Crippen molar-refractivity contribution < 1.29 is 24.0 Å². The van der Waals surface area contributed by atoms with Crippen LogP contribution in [0.3, 0.4) is 0 Å². The van der Waals surface area contributed by atoms with Crippen molar-refractivity contribution in [1.29, 1.82) is 0 Å². The van der Waals surface area contributed by atoms with Crippen molar-refractivity contribution in [2.75, 3.05) is 0 Å². The third kappa shape index (κ3) is 4.31. The highest BCUT2D eigenvalue weighted by Gasteiger charge is 2.22. The Morgan fingerprint density at radius 2 is 2.04 bits per heavy atom. The number of aliphatic carboxylic acids is 1. The average Bonchev–Trinajstić information content (AvgIpc) is 2.97. The van der Waals surface area contributed by atoms with Gasteiger partial charge in [-0.05, 0) is 26.0 Å². The van der Waals surface area contributed by atoms with Crippen LogP contribution in [0.25, 0.3) is 0 Å². The molecule has 2 rings (SSSR count). The van der Waals surface area contributed by atoms with Crippen molar-refractivity contribution in [1.82, 2.24) is 15.5 Å². The maximum atomic E-state index is 12.4. The lowest BCUT2D eigenvalue weighted by molar-refractivity contribution is -0.141. The van der Waals surface area contributed by atoms with Gasteiger partial charge in [-0.2, -0.15) is 4.98 Å². The molecule has 2 aromatic rings. The van der Waals surface area contributed by atoms with E-state index < -0.39 is 23.8 Å². The summed E-state index contributed by atoms with van der Waals surface area (Å²) in [5.41, 5.74) is 0.308. The average molecular weight is 333 g/mol. The van der Waals surface area contributed by atoms with Crippen LogP contribution in [0, 0.1) is 12.8 Å². The van der Waals surface area contributed by atoms with E-state index in [-0.39, 0.29) is 6.61 Å². The number of carboxylic acid groups (broad SMARTS) is 1. The lowest BCUT2D eigenvalue weighted by Crippen LogP contribution is -2.40. The van der Waals surface area contributed by atoms with Gasteiger partial charge in [0.05, 0.1) is 11.5 Å². The quantitative estimate of drug-likeness (QED) is 0.794. The molecule has 128 valence electrons. The minimum atomic E-state index is -0.972. The van der Waals surface area contributed by atoms with E-state index in [9.17, 15) is 9.59 Å². The second kappa shape index (κ2) is 7.58. The fourth-order valence-electron chi connectivity index (χ4n) is 1.95. The molecule has 24 heavy (non-hydrogen) atoms. The van der Waals surface area contributed by atoms with Crippen molar-refractivity contribution in [3.63, 3.8) is 0 Å². The maximum absolute atomic E-state index is 12.4. The molecule has 0 spiro atoms. The number of ether oxygens (including phenoxy) is 1. The molecule has 2 unspecified atom stereocenters. The topological polar surface area (TPSA) is 115 Å². The minimum absolute atomic E-state index is 0.0582.